The van der Waals surface area contributed by atoms with Gasteiger partial charge < -0.3 is 38.9 Å². The second kappa shape index (κ2) is 13.6. The number of unbranched alkanes of at least 4 members (excludes halogenated alkanes) is 5. The van der Waals surface area contributed by atoms with Crippen LogP contribution in [0.15, 0.2) is 35.3 Å². The number of nitrogens with one attached hydrogen (secondary N) is 1. The predicted octanol–water partition coefficient (Wildman–Crippen LogP) is 4.24. The zero-order valence-corrected chi connectivity index (χ0v) is 26.8. The smallest absolute Gasteiger partial charge is 0.315 e. The van der Waals surface area contributed by atoms with Gasteiger partial charge in [0.2, 0.25) is 6.73 Å². The fourth-order valence-corrected chi connectivity index (χ4v) is 6.06. The molecule has 1 saturated heterocycles. The van der Waals surface area contributed by atoms with E-state index in [0.29, 0.717) is 6.73 Å². The van der Waals surface area contributed by atoms with Crippen LogP contribution in [0, 0.1) is 12.3 Å². The van der Waals surface area contributed by atoms with E-state index in [1.165, 1.54) is 42.5 Å². The van der Waals surface area contributed by atoms with Gasteiger partial charge in [-0.1, -0.05) is 57.6 Å². The van der Waals surface area contributed by atoms with Crippen LogP contribution in [0.2, 0.25) is 0 Å². The highest BCUT2D eigenvalue weighted by Crippen LogP contribution is 2.39. The lowest BCUT2D eigenvalue weighted by molar-refractivity contribution is -0.929. The van der Waals surface area contributed by atoms with Gasteiger partial charge in [0.1, 0.15) is 10.8 Å². The molecule has 2 aromatic rings. The van der Waals surface area contributed by atoms with Gasteiger partial charge in [-0.2, -0.15) is 0 Å². The summed E-state index contributed by atoms with van der Waals surface area (Å²) in [5.41, 5.74) is 2.78. The monoisotopic (exact) mass is 652 g/mol. The molecule has 0 radical (unpaired) electrons. The summed E-state index contributed by atoms with van der Waals surface area (Å²) in [6.45, 7) is 12.5. The Morgan fingerprint density at radius 1 is 1.13 bits per heavy atom. The SMILES string of the molecule is CCCCCCCCC(C)(C)C(=O)OC[N+]1(C)CCN(C2=Nc3ccccc3Nc3sc(C)cc32)CC1.[I-]. The number of benzene rings is 1. The fraction of sp³-hybridized carbons (Fsp3) is 0.600. The molecule has 0 bridgehead atoms. The van der Waals surface area contributed by atoms with Crippen molar-refractivity contribution in [3.05, 3.63) is 40.8 Å². The molecule has 0 spiro atoms. The third kappa shape index (κ3) is 7.72. The highest BCUT2D eigenvalue weighted by atomic mass is 127. The average molecular weight is 653 g/mol. The number of piperazine rings is 1. The maximum atomic E-state index is 13.0. The number of quaternary nitrogens is 1. The molecular formula is C30H45IN4O2S. The molecule has 8 heteroatoms. The van der Waals surface area contributed by atoms with E-state index in [4.69, 9.17) is 9.73 Å². The van der Waals surface area contributed by atoms with Crippen LogP contribution in [-0.2, 0) is 9.53 Å². The molecule has 3 heterocycles. The quantitative estimate of drug-likeness (QED) is 0.181. The number of fused-ring (bicyclic) bond motifs is 2. The third-order valence-electron chi connectivity index (χ3n) is 7.81. The summed E-state index contributed by atoms with van der Waals surface area (Å²) in [5.74, 6) is 0.983. The van der Waals surface area contributed by atoms with Crippen molar-refractivity contribution < 1.29 is 38.0 Å². The number of rotatable bonds is 10. The zero-order valence-electron chi connectivity index (χ0n) is 23.8. The van der Waals surface area contributed by atoms with Crippen molar-refractivity contribution in [2.24, 2.45) is 10.4 Å². The number of thiophene rings is 1. The second-order valence-corrected chi connectivity index (χ2v) is 13.0. The number of hydrogen-bond donors (Lipinski definition) is 1. The van der Waals surface area contributed by atoms with Gasteiger partial charge in [0.25, 0.3) is 0 Å². The van der Waals surface area contributed by atoms with Crippen molar-refractivity contribution in [3.63, 3.8) is 0 Å². The minimum Gasteiger partial charge on any atom is -1.00 e. The molecule has 1 N–H and O–H groups in total. The molecule has 0 unspecified atom stereocenters. The van der Waals surface area contributed by atoms with Gasteiger partial charge in [-0.05, 0) is 45.4 Å². The van der Waals surface area contributed by atoms with Gasteiger partial charge in [-0.3, -0.25) is 9.28 Å². The molecule has 0 atom stereocenters. The number of para-hydroxylation sites is 2. The first kappa shape index (κ1) is 30.9. The lowest BCUT2D eigenvalue weighted by Crippen LogP contribution is -3.00. The van der Waals surface area contributed by atoms with Crippen LogP contribution in [0.1, 0.15) is 76.2 Å². The van der Waals surface area contributed by atoms with E-state index in [0.717, 1.165) is 65.7 Å². The van der Waals surface area contributed by atoms with E-state index in [9.17, 15) is 4.79 Å². The van der Waals surface area contributed by atoms with Crippen molar-refractivity contribution in [1.29, 1.82) is 0 Å². The average Bonchev–Trinajstić information content (AvgIpc) is 3.16. The summed E-state index contributed by atoms with van der Waals surface area (Å²) in [5, 5.41) is 4.76. The van der Waals surface area contributed by atoms with E-state index >= 15 is 0 Å². The Morgan fingerprint density at radius 2 is 1.82 bits per heavy atom. The second-order valence-electron chi connectivity index (χ2n) is 11.7. The first-order valence-electron chi connectivity index (χ1n) is 14.0. The lowest BCUT2D eigenvalue weighted by Gasteiger charge is -2.42. The van der Waals surface area contributed by atoms with Gasteiger partial charge in [0.15, 0.2) is 0 Å². The highest BCUT2D eigenvalue weighted by Gasteiger charge is 2.35. The van der Waals surface area contributed by atoms with Crippen LogP contribution in [0.3, 0.4) is 0 Å². The summed E-state index contributed by atoms with van der Waals surface area (Å²) in [7, 11) is 2.21. The number of halogens is 1. The molecule has 1 aromatic carbocycles. The van der Waals surface area contributed by atoms with Gasteiger partial charge >= 0.3 is 5.97 Å². The number of amidine groups is 1. The topological polar surface area (TPSA) is 53.9 Å². The molecule has 2 aliphatic heterocycles. The highest BCUT2D eigenvalue weighted by molar-refractivity contribution is 7.16. The van der Waals surface area contributed by atoms with Crippen LogP contribution in [0.25, 0.3) is 0 Å². The Hall–Kier alpha value is -1.65. The Labute approximate surface area is 250 Å². The standard InChI is InChI=1S/C30H45N4O2S.HI/c1-6-7-8-9-10-13-16-30(3,4)29(35)36-22-34(5)19-17-33(18-20-34)27-24-21-23(2)37-28(24)32-26-15-12-11-14-25(26)31-27;/h11-12,14-15,21,32H,6-10,13,16-20,22H2,1-5H3;1H/q+1;/p-1. The van der Waals surface area contributed by atoms with E-state index < -0.39 is 5.41 Å². The van der Waals surface area contributed by atoms with E-state index in [2.05, 4.69) is 49.3 Å². The molecule has 6 nitrogen and oxygen atoms in total. The number of esters is 1. The van der Waals surface area contributed by atoms with Crippen LogP contribution >= 0.6 is 11.3 Å². The summed E-state index contributed by atoms with van der Waals surface area (Å²) in [4.78, 5) is 21.8. The van der Waals surface area contributed by atoms with Crippen LogP contribution in [0.5, 0.6) is 0 Å². The van der Waals surface area contributed by atoms with Crippen molar-refractivity contribution in [1.82, 2.24) is 4.90 Å². The maximum absolute atomic E-state index is 13.0. The van der Waals surface area contributed by atoms with Gasteiger partial charge in [0, 0.05) is 4.88 Å². The molecule has 38 heavy (non-hydrogen) atoms. The number of nitrogens with zero attached hydrogens (tertiary/aromatic N) is 3. The Bertz CT molecular complexity index is 1110. The number of ether oxygens (including phenoxy) is 1. The summed E-state index contributed by atoms with van der Waals surface area (Å²) in [6, 6.07) is 10.5. The van der Waals surface area contributed by atoms with E-state index in [1.807, 2.05) is 26.0 Å². The Morgan fingerprint density at radius 3 is 2.55 bits per heavy atom. The van der Waals surface area contributed by atoms with E-state index in [1.54, 1.807) is 11.3 Å². The maximum Gasteiger partial charge on any atom is 0.315 e. The molecule has 0 aliphatic carbocycles. The molecule has 0 amide bonds. The number of hydrogen-bond acceptors (Lipinski definition) is 6. The molecular weight excluding hydrogens is 607 g/mol. The minimum absolute atomic E-state index is 0. The van der Waals surface area contributed by atoms with Crippen LogP contribution in [-0.4, -0.2) is 61.1 Å². The fourth-order valence-electron chi connectivity index (χ4n) is 5.14. The van der Waals surface area contributed by atoms with Crippen LogP contribution in [0.4, 0.5) is 16.4 Å². The van der Waals surface area contributed by atoms with Crippen molar-refractivity contribution in [3.8, 4) is 0 Å². The van der Waals surface area contributed by atoms with Gasteiger partial charge in [-0.25, -0.2) is 4.99 Å². The molecule has 1 aromatic heterocycles. The Kier molecular flexibility index (Phi) is 11.1. The molecule has 4 rings (SSSR count). The largest absolute Gasteiger partial charge is 1.00 e. The molecule has 0 saturated carbocycles. The summed E-state index contributed by atoms with van der Waals surface area (Å²) in [6.07, 6.45) is 8.34. The van der Waals surface area contributed by atoms with E-state index in [-0.39, 0.29) is 29.9 Å². The number of anilines is 2. The van der Waals surface area contributed by atoms with Crippen molar-refractivity contribution >= 4 is 39.5 Å². The summed E-state index contributed by atoms with van der Waals surface area (Å²) < 4.78 is 6.67. The van der Waals surface area contributed by atoms with Crippen molar-refractivity contribution in [2.75, 3.05) is 45.3 Å². The first-order chi connectivity index (χ1) is 17.7. The number of aliphatic imine (C=N–C) groups is 1. The predicted molar refractivity (Wildman–Crippen MR) is 155 cm³/mol. The molecule has 210 valence electrons. The number of carbonyl (C=O) groups is 1. The molecule has 2 aliphatic rings. The lowest BCUT2D eigenvalue weighted by atomic mass is 9.87. The number of aryl methyl sites for hydroxylation is 1. The van der Waals surface area contributed by atoms with Crippen molar-refractivity contribution in [2.45, 2.75) is 72.6 Å². The van der Waals surface area contributed by atoms with Crippen LogP contribution < -0.4 is 29.3 Å². The third-order valence-corrected chi connectivity index (χ3v) is 8.77. The first-order valence-corrected chi connectivity index (χ1v) is 14.8. The number of carbonyl (C=O) groups excluding carboxylic acids is 1. The zero-order chi connectivity index (χ0) is 26.5. The Balaban J connectivity index is 0.00000400. The van der Waals surface area contributed by atoms with Gasteiger partial charge in [0.05, 0.1) is 55.6 Å². The normalized spacial score (nSPS) is 16.3. The number of likely N-dealkylation sites (N-methyl/N-ethyl adjacent to an activating group) is 1. The summed E-state index contributed by atoms with van der Waals surface area (Å²) >= 11 is 1.78. The minimum atomic E-state index is -0.422. The molecule has 1 fully saturated rings. The van der Waals surface area contributed by atoms with Gasteiger partial charge in [-0.15, -0.1) is 11.3 Å².